The number of hydrogen-bond acceptors (Lipinski definition) is 2. The minimum atomic E-state index is 0.223. The Morgan fingerprint density at radius 3 is 2.61 bits per heavy atom. The molecule has 1 fully saturated rings. The van der Waals surface area contributed by atoms with Gasteiger partial charge < -0.3 is 9.88 Å². The van der Waals surface area contributed by atoms with Gasteiger partial charge in [-0.3, -0.25) is 4.79 Å². The minimum absolute atomic E-state index is 0.223. The van der Waals surface area contributed by atoms with Gasteiger partial charge in [0.1, 0.15) is 0 Å². The Morgan fingerprint density at radius 2 is 2.00 bits per heavy atom. The van der Waals surface area contributed by atoms with E-state index in [2.05, 4.69) is 25.2 Å². The van der Waals surface area contributed by atoms with E-state index in [-0.39, 0.29) is 5.56 Å². The molecule has 1 aliphatic carbocycles. The number of aryl methyl sites for hydroxylation is 2. The van der Waals surface area contributed by atoms with Crippen molar-refractivity contribution in [3.05, 3.63) is 33.2 Å². The van der Waals surface area contributed by atoms with E-state index in [4.69, 9.17) is 0 Å². The summed E-state index contributed by atoms with van der Waals surface area (Å²) in [6.07, 6.45) is 4.83. The Kier molecular flexibility index (Phi) is 4.23. The maximum absolute atomic E-state index is 12.6. The second-order valence-electron chi connectivity index (χ2n) is 5.34. The van der Waals surface area contributed by atoms with Gasteiger partial charge in [0, 0.05) is 23.8 Å². The minimum Gasteiger partial charge on any atom is -0.313 e. The number of pyridine rings is 1. The second-order valence-corrected chi connectivity index (χ2v) is 5.34. The first-order valence-corrected chi connectivity index (χ1v) is 7.07. The predicted molar refractivity (Wildman–Crippen MR) is 75.1 cm³/mol. The van der Waals surface area contributed by atoms with Crippen LogP contribution in [0.15, 0.2) is 10.9 Å². The van der Waals surface area contributed by atoms with Crippen molar-refractivity contribution in [1.82, 2.24) is 9.88 Å². The van der Waals surface area contributed by atoms with Crippen LogP contribution >= 0.6 is 0 Å². The van der Waals surface area contributed by atoms with E-state index in [1.165, 1.54) is 12.8 Å². The van der Waals surface area contributed by atoms with Gasteiger partial charge in [-0.15, -0.1) is 0 Å². The molecule has 1 saturated carbocycles. The van der Waals surface area contributed by atoms with Gasteiger partial charge in [-0.25, -0.2) is 0 Å². The Balaban J connectivity index is 2.42. The van der Waals surface area contributed by atoms with Gasteiger partial charge in [0.15, 0.2) is 0 Å². The molecule has 100 valence electrons. The molecule has 0 atom stereocenters. The molecular weight excluding hydrogens is 224 g/mol. The Morgan fingerprint density at radius 1 is 1.33 bits per heavy atom. The highest BCUT2D eigenvalue weighted by molar-refractivity contribution is 5.26. The normalized spacial score (nSPS) is 16.4. The lowest BCUT2D eigenvalue weighted by molar-refractivity contribution is 0.485. The van der Waals surface area contributed by atoms with E-state index < -0.39 is 0 Å². The third-order valence-electron chi connectivity index (χ3n) is 4.00. The summed E-state index contributed by atoms with van der Waals surface area (Å²) in [5, 5.41) is 3.27. The van der Waals surface area contributed by atoms with Crippen LogP contribution in [0.5, 0.6) is 0 Å². The van der Waals surface area contributed by atoms with Crippen LogP contribution < -0.4 is 10.9 Å². The zero-order valence-corrected chi connectivity index (χ0v) is 11.8. The van der Waals surface area contributed by atoms with Crippen LogP contribution in [-0.2, 0) is 6.54 Å². The first kappa shape index (κ1) is 13.3. The summed E-state index contributed by atoms with van der Waals surface area (Å²) >= 11 is 0. The summed E-state index contributed by atoms with van der Waals surface area (Å²) in [5.41, 5.74) is 3.40. The summed E-state index contributed by atoms with van der Waals surface area (Å²) in [4.78, 5) is 12.6. The third kappa shape index (κ3) is 2.51. The quantitative estimate of drug-likeness (QED) is 0.889. The molecule has 3 nitrogen and oxygen atoms in total. The summed E-state index contributed by atoms with van der Waals surface area (Å²) in [5.74, 6) is 0. The van der Waals surface area contributed by atoms with Crippen molar-refractivity contribution in [3.63, 3.8) is 0 Å². The van der Waals surface area contributed by atoms with Gasteiger partial charge >= 0.3 is 0 Å². The molecule has 1 heterocycles. The van der Waals surface area contributed by atoms with E-state index in [9.17, 15) is 4.79 Å². The van der Waals surface area contributed by atoms with Crippen molar-refractivity contribution in [2.75, 3.05) is 6.54 Å². The van der Waals surface area contributed by atoms with Gasteiger partial charge in [-0.05, 0) is 44.9 Å². The van der Waals surface area contributed by atoms with Crippen LogP contribution in [0.3, 0.4) is 0 Å². The summed E-state index contributed by atoms with van der Waals surface area (Å²) in [6, 6.07) is 2.59. The lowest BCUT2D eigenvalue weighted by atomic mass is 10.1. The van der Waals surface area contributed by atoms with E-state index >= 15 is 0 Å². The van der Waals surface area contributed by atoms with E-state index in [1.807, 2.05) is 11.5 Å². The van der Waals surface area contributed by atoms with Gasteiger partial charge in [-0.1, -0.05) is 19.8 Å². The molecule has 18 heavy (non-hydrogen) atoms. The molecule has 2 rings (SSSR count). The molecule has 0 aromatic carbocycles. The third-order valence-corrected chi connectivity index (χ3v) is 4.00. The highest BCUT2D eigenvalue weighted by atomic mass is 16.1. The zero-order chi connectivity index (χ0) is 13.1. The number of hydrogen-bond donors (Lipinski definition) is 1. The fourth-order valence-electron chi connectivity index (χ4n) is 3.03. The fourth-order valence-corrected chi connectivity index (χ4v) is 3.03. The van der Waals surface area contributed by atoms with E-state index in [0.717, 1.165) is 36.2 Å². The van der Waals surface area contributed by atoms with Crippen molar-refractivity contribution in [2.45, 2.75) is 59.0 Å². The van der Waals surface area contributed by atoms with Gasteiger partial charge in [0.25, 0.3) is 5.56 Å². The molecular formula is C15H24N2O. The van der Waals surface area contributed by atoms with Crippen molar-refractivity contribution in [3.8, 4) is 0 Å². The number of aromatic nitrogens is 1. The Labute approximate surface area is 109 Å². The maximum Gasteiger partial charge on any atom is 0.255 e. The highest BCUT2D eigenvalue weighted by Crippen LogP contribution is 2.29. The molecule has 1 aliphatic rings. The Hall–Kier alpha value is -1.09. The summed E-state index contributed by atoms with van der Waals surface area (Å²) < 4.78 is 2.03. The van der Waals surface area contributed by atoms with E-state index in [0.29, 0.717) is 12.6 Å². The van der Waals surface area contributed by atoms with Crippen molar-refractivity contribution in [2.24, 2.45) is 0 Å². The fraction of sp³-hybridized carbons (Fsp3) is 0.667. The molecule has 0 spiro atoms. The van der Waals surface area contributed by atoms with E-state index in [1.54, 1.807) is 0 Å². The summed E-state index contributed by atoms with van der Waals surface area (Å²) in [6.45, 7) is 7.76. The summed E-state index contributed by atoms with van der Waals surface area (Å²) in [7, 11) is 0. The first-order chi connectivity index (χ1) is 8.65. The van der Waals surface area contributed by atoms with Crippen LogP contribution in [0.2, 0.25) is 0 Å². The van der Waals surface area contributed by atoms with Crippen LogP contribution in [0.25, 0.3) is 0 Å². The number of nitrogens with one attached hydrogen (secondary N) is 1. The molecule has 0 amide bonds. The van der Waals surface area contributed by atoms with Gasteiger partial charge in [0.05, 0.1) is 0 Å². The van der Waals surface area contributed by atoms with Crippen molar-refractivity contribution < 1.29 is 0 Å². The largest absolute Gasteiger partial charge is 0.313 e. The van der Waals surface area contributed by atoms with Crippen LogP contribution in [0.1, 0.15) is 55.5 Å². The molecule has 0 radical (unpaired) electrons. The average Bonchev–Trinajstić information content (AvgIpc) is 2.82. The topological polar surface area (TPSA) is 34.0 Å². The molecule has 3 heteroatoms. The first-order valence-electron chi connectivity index (χ1n) is 7.07. The van der Waals surface area contributed by atoms with Crippen molar-refractivity contribution in [1.29, 1.82) is 0 Å². The maximum atomic E-state index is 12.6. The molecule has 0 aliphatic heterocycles. The van der Waals surface area contributed by atoms with Crippen LogP contribution in [-0.4, -0.2) is 11.1 Å². The lowest BCUT2D eigenvalue weighted by Gasteiger charge is -2.20. The standard InChI is InChI=1S/C15H24N2O/c1-4-16-10-14-11(2)9-12(3)17(15(14)18)13-7-5-6-8-13/h9,13,16H,4-8,10H2,1-3H3. The molecule has 0 bridgehead atoms. The zero-order valence-electron chi connectivity index (χ0n) is 11.8. The number of rotatable bonds is 4. The monoisotopic (exact) mass is 248 g/mol. The highest BCUT2D eigenvalue weighted by Gasteiger charge is 2.21. The molecule has 1 N–H and O–H groups in total. The molecule has 0 saturated heterocycles. The van der Waals surface area contributed by atoms with Gasteiger partial charge in [0.2, 0.25) is 0 Å². The van der Waals surface area contributed by atoms with Gasteiger partial charge in [-0.2, -0.15) is 0 Å². The molecule has 1 aromatic rings. The Bertz CT molecular complexity index is 470. The second kappa shape index (κ2) is 5.70. The molecule has 0 unspecified atom stereocenters. The predicted octanol–water partition coefficient (Wildman–Crippen LogP) is 2.69. The SMILES string of the molecule is CCNCc1c(C)cc(C)n(C2CCCC2)c1=O. The van der Waals surface area contributed by atoms with Crippen LogP contribution in [0.4, 0.5) is 0 Å². The lowest BCUT2D eigenvalue weighted by Crippen LogP contribution is -2.31. The van der Waals surface area contributed by atoms with Crippen LogP contribution in [0, 0.1) is 13.8 Å². The molecule has 1 aromatic heterocycles. The van der Waals surface area contributed by atoms with Crippen molar-refractivity contribution >= 4 is 0 Å². The number of nitrogens with zero attached hydrogens (tertiary/aromatic N) is 1. The smallest absolute Gasteiger partial charge is 0.255 e. The average molecular weight is 248 g/mol.